The van der Waals surface area contributed by atoms with Gasteiger partial charge in [0, 0.05) is 20.6 Å². The van der Waals surface area contributed by atoms with Crippen LogP contribution in [0, 0.1) is 0 Å². The zero-order chi connectivity index (χ0) is 10.4. The van der Waals surface area contributed by atoms with Gasteiger partial charge in [-0.15, -0.1) is 0 Å². The van der Waals surface area contributed by atoms with Crippen LogP contribution in [0.4, 0.5) is 0 Å². The van der Waals surface area contributed by atoms with E-state index in [4.69, 9.17) is 12.2 Å². The van der Waals surface area contributed by atoms with Crippen molar-refractivity contribution in [3.05, 3.63) is 35.9 Å². The lowest BCUT2D eigenvalue weighted by molar-refractivity contribution is 0.122. The van der Waals surface area contributed by atoms with Crippen LogP contribution in [-0.2, 0) is 6.42 Å². The summed E-state index contributed by atoms with van der Waals surface area (Å²) >= 11 is 4.80. The summed E-state index contributed by atoms with van der Waals surface area (Å²) in [6.45, 7) is 0.876. The predicted octanol–water partition coefficient (Wildman–Crippen LogP) is 1.84. The molecule has 1 aromatic rings. The van der Waals surface area contributed by atoms with E-state index < -0.39 is 0 Å². The molecular formula is C11H15N2S. The van der Waals surface area contributed by atoms with Crippen molar-refractivity contribution >= 4 is 17.7 Å². The van der Waals surface area contributed by atoms with Crippen LogP contribution in [0.15, 0.2) is 30.3 Å². The molecule has 3 heteroatoms. The van der Waals surface area contributed by atoms with Crippen LogP contribution in [0.2, 0.25) is 0 Å². The van der Waals surface area contributed by atoms with Crippen LogP contribution in [0.1, 0.15) is 5.56 Å². The van der Waals surface area contributed by atoms with E-state index in [0.717, 1.165) is 13.0 Å². The second-order valence-electron chi connectivity index (χ2n) is 3.30. The summed E-state index contributed by atoms with van der Waals surface area (Å²) < 4.78 is 0. The van der Waals surface area contributed by atoms with Gasteiger partial charge in [0.2, 0.25) is 0 Å². The third kappa shape index (κ3) is 3.44. The number of hydrogen-bond acceptors (Lipinski definition) is 2. The Morgan fingerprint density at radius 1 is 1.21 bits per heavy atom. The molecular weight excluding hydrogens is 192 g/mol. The molecule has 0 heterocycles. The van der Waals surface area contributed by atoms with Crippen LogP contribution >= 0.6 is 12.2 Å². The SMILES string of the molecule is CN(C)N([C]=S)CCc1ccccc1. The number of hydrazine groups is 1. The van der Waals surface area contributed by atoms with Crippen molar-refractivity contribution in [1.29, 1.82) is 0 Å². The Labute approximate surface area is 91.1 Å². The highest BCUT2D eigenvalue weighted by molar-refractivity contribution is 7.78. The van der Waals surface area contributed by atoms with E-state index in [0.29, 0.717) is 0 Å². The van der Waals surface area contributed by atoms with Crippen molar-refractivity contribution in [3.8, 4) is 0 Å². The Bertz CT molecular complexity index is 272. The van der Waals surface area contributed by atoms with Crippen LogP contribution < -0.4 is 0 Å². The van der Waals surface area contributed by atoms with Gasteiger partial charge in [0.15, 0.2) is 5.49 Å². The fraction of sp³-hybridized carbons (Fsp3) is 0.364. The maximum atomic E-state index is 4.80. The maximum absolute atomic E-state index is 4.80. The van der Waals surface area contributed by atoms with Gasteiger partial charge in [0.05, 0.1) is 0 Å². The molecule has 0 spiro atoms. The molecule has 0 bridgehead atoms. The summed E-state index contributed by atoms with van der Waals surface area (Å²) in [7, 11) is 3.93. The highest BCUT2D eigenvalue weighted by atomic mass is 32.1. The minimum Gasteiger partial charge on any atom is -0.294 e. The van der Waals surface area contributed by atoms with Gasteiger partial charge in [0.25, 0.3) is 0 Å². The summed E-state index contributed by atoms with van der Waals surface area (Å²) in [5.74, 6) is 0. The molecule has 0 saturated carbocycles. The van der Waals surface area contributed by atoms with Gasteiger partial charge in [-0.3, -0.25) is 5.01 Å². The molecule has 0 unspecified atom stereocenters. The van der Waals surface area contributed by atoms with E-state index in [1.54, 1.807) is 0 Å². The molecule has 0 saturated heterocycles. The minimum atomic E-state index is 0.876. The molecule has 0 aliphatic heterocycles. The van der Waals surface area contributed by atoms with E-state index in [9.17, 15) is 0 Å². The first-order valence-electron chi connectivity index (χ1n) is 4.60. The van der Waals surface area contributed by atoms with Gasteiger partial charge in [-0.2, -0.15) is 0 Å². The van der Waals surface area contributed by atoms with Gasteiger partial charge >= 0.3 is 0 Å². The van der Waals surface area contributed by atoms with Crippen LogP contribution in [0.3, 0.4) is 0 Å². The first-order valence-corrected chi connectivity index (χ1v) is 5.01. The second kappa shape index (κ2) is 5.73. The van der Waals surface area contributed by atoms with Crippen molar-refractivity contribution in [3.63, 3.8) is 0 Å². The monoisotopic (exact) mass is 207 g/mol. The van der Waals surface area contributed by atoms with Gasteiger partial charge in [-0.1, -0.05) is 42.5 Å². The smallest absolute Gasteiger partial charge is 0.152 e. The van der Waals surface area contributed by atoms with Crippen molar-refractivity contribution in [2.75, 3.05) is 20.6 Å². The average Bonchev–Trinajstić information content (AvgIpc) is 2.20. The van der Waals surface area contributed by atoms with Gasteiger partial charge in [0.1, 0.15) is 0 Å². The van der Waals surface area contributed by atoms with E-state index in [2.05, 4.69) is 29.8 Å². The number of benzene rings is 1. The Kier molecular flexibility index (Phi) is 4.56. The van der Waals surface area contributed by atoms with Crippen molar-refractivity contribution in [2.24, 2.45) is 0 Å². The lowest BCUT2D eigenvalue weighted by Crippen LogP contribution is -2.36. The molecule has 0 fully saturated rings. The largest absolute Gasteiger partial charge is 0.294 e. The van der Waals surface area contributed by atoms with Crippen LogP contribution in [-0.4, -0.2) is 36.1 Å². The summed E-state index contributed by atoms with van der Waals surface area (Å²) in [6, 6.07) is 10.4. The molecule has 0 atom stereocenters. The summed E-state index contributed by atoms with van der Waals surface area (Å²) in [5.41, 5.74) is 4.04. The molecule has 0 amide bonds. The molecule has 14 heavy (non-hydrogen) atoms. The van der Waals surface area contributed by atoms with Crippen molar-refractivity contribution in [2.45, 2.75) is 6.42 Å². The zero-order valence-electron chi connectivity index (χ0n) is 8.60. The number of thiocarbonyl (C=S) groups is 1. The number of rotatable bonds is 5. The predicted molar refractivity (Wildman–Crippen MR) is 63.1 cm³/mol. The zero-order valence-corrected chi connectivity index (χ0v) is 9.42. The summed E-state index contributed by atoms with van der Waals surface area (Å²) in [4.78, 5) is 0. The highest BCUT2D eigenvalue weighted by Crippen LogP contribution is 2.01. The Balaban J connectivity index is 2.43. The first kappa shape index (κ1) is 11.1. The van der Waals surface area contributed by atoms with E-state index in [1.165, 1.54) is 5.56 Å². The maximum Gasteiger partial charge on any atom is 0.152 e. The standard InChI is InChI=1S/C11H15N2S/c1-12(2)13(10-14)9-8-11-6-4-3-5-7-11/h3-7H,8-9H2,1-2H3. The minimum absolute atomic E-state index is 0.876. The van der Waals surface area contributed by atoms with Crippen molar-refractivity contribution < 1.29 is 0 Å². The second-order valence-corrected chi connectivity index (χ2v) is 3.48. The lowest BCUT2D eigenvalue weighted by Gasteiger charge is -2.25. The molecule has 1 aromatic carbocycles. The lowest BCUT2D eigenvalue weighted by atomic mass is 10.1. The Hall–Kier alpha value is -0.930. The van der Waals surface area contributed by atoms with Crippen LogP contribution in [0.5, 0.6) is 0 Å². The summed E-state index contributed by atoms with van der Waals surface area (Å²) in [5, 5.41) is 3.83. The van der Waals surface area contributed by atoms with Gasteiger partial charge in [-0.05, 0) is 12.0 Å². The summed E-state index contributed by atoms with van der Waals surface area (Å²) in [6.07, 6.45) is 0.989. The molecule has 1 rings (SSSR count). The normalized spacial score (nSPS) is 10.2. The quantitative estimate of drug-likeness (QED) is 0.413. The number of hydrogen-bond donors (Lipinski definition) is 0. The van der Waals surface area contributed by atoms with E-state index in [1.807, 2.05) is 30.2 Å². The fourth-order valence-electron chi connectivity index (χ4n) is 1.21. The third-order valence-electron chi connectivity index (χ3n) is 2.04. The molecule has 0 aliphatic rings. The topological polar surface area (TPSA) is 6.48 Å². The van der Waals surface area contributed by atoms with Crippen molar-refractivity contribution in [1.82, 2.24) is 10.0 Å². The molecule has 1 radical (unpaired) electrons. The first-order chi connectivity index (χ1) is 6.74. The fourth-order valence-corrected chi connectivity index (χ4v) is 1.46. The van der Waals surface area contributed by atoms with Crippen LogP contribution in [0.25, 0.3) is 0 Å². The Morgan fingerprint density at radius 3 is 2.36 bits per heavy atom. The van der Waals surface area contributed by atoms with E-state index >= 15 is 0 Å². The molecule has 2 nitrogen and oxygen atoms in total. The Morgan fingerprint density at radius 2 is 1.86 bits per heavy atom. The third-order valence-corrected chi connectivity index (χ3v) is 2.25. The number of nitrogens with zero attached hydrogens (tertiary/aromatic N) is 2. The molecule has 75 valence electrons. The average molecular weight is 207 g/mol. The molecule has 0 aromatic heterocycles. The highest BCUT2D eigenvalue weighted by Gasteiger charge is 2.02. The molecule has 0 aliphatic carbocycles. The van der Waals surface area contributed by atoms with Gasteiger partial charge in [-0.25, -0.2) is 5.01 Å². The van der Waals surface area contributed by atoms with E-state index in [-0.39, 0.29) is 0 Å². The van der Waals surface area contributed by atoms with Gasteiger partial charge < -0.3 is 0 Å². The molecule has 0 N–H and O–H groups in total.